The van der Waals surface area contributed by atoms with Crippen molar-refractivity contribution in [3.63, 3.8) is 0 Å². The van der Waals surface area contributed by atoms with Crippen molar-refractivity contribution >= 4 is 11.6 Å². The number of nitrogens with zero attached hydrogens (tertiary/aromatic N) is 4. The molecule has 0 fully saturated rings. The maximum absolute atomic E-state index is 12.6. The van der Waals surface area contributed by atoms with Gasteiger partial charge in [0.2, 0.25) is 17.6 Å². The first-order valence-corrected chi connectivity index (χ1v) is 9.44. The Morgan fingerprint density at radius 3 is 2.77 bits per heavy atom. The molecule has 0 atom stereocenters. The molecular formula is C22H19N5O3. The van der Waals surface area contributed by atoms with Gasteiger partial charge < -0.3 is 14.6 Å². The number of ether oxygens (including phenoxy) is 1. The van der Waals surface area contributed by atoms with E-state index in [-0.39, 0.29) is 5.91 Å². The lowest BCUT2D eigenvalue weighted by atomic mass is 10.1. The molecule has 0 bridgehead atoms. The van der Waals surface area contributed by atoms with Gasteiger partial charge in [0.1, 0.15) is 0 Å². The number of amides is 1. The molecule has 4 aromatic rings. The largest absolute Gasteiger partial charge is 0.478 e. The van der Waals surface area contributed by atoms with Gasteiger partial charge in [0.15, 0.2) is 0 Å². The molecule has 0 spiro atoms. The fourth-order valence-electron chi connectivity index (χ4n) is 2.84. The Hall–Kier alpha value is -4.07. The summed E-state index contributed by atoms with van der Waals surface area (Å²) in [6, 6.07) is 14.5. The van der Waals surface area contributed by atoms with Crippen LogP contribution in [0, 0.1) is 0 Å². The number of hydrogen-bond donors (Lipinski definition) is 1. The van der Waals surface area contributed by atoms with E-state index in [9.17, 15) is 4.79 Å². The van der Waals surface area contributed by atoms with Crippen molar-refractivity contribution in [2.75, 3.05) is 11.9 Å². The summed E-state index contributed by atoms with van der Waals surface area (Å²) in [6.07, 6.45) is 5.23. The van der Waals surface area contributed by atoms with Gasteiger partial charge in [-0.15, -0.1) is 0 Å². The molecule has 1 N–H and O–H groups in total. The van der Waals surface area contributed by atoms with Crippen LogP contribution < -0.4 is 10.1 Å². The van der Waals surface area contributed by atoms with Crippen LogP contribution >= 0.6 is 0 Å². The topological polar surface area (TPSA) is 103 Å². The third-order valence-corrected chi connectivity index (χ3v) is 4.29. The van der Waals surface area contributed by atoms with E-state index in [0.717, 1.165) is 11.1 Å². The third-order valence-electron chi connectivity index (χ3n) is 4.29. The van der Waals surface area contributed by atoms with E-state index in [2.05, 4.69) is 25.4 Å². The van der Waals surface area contributed by atoms with E-state index in [0.29, 0.717) is 41.9 Å². The van der Waals surface area contributed by atoms with Crippen LogP contribution in [0.4, 0.5) is 5.69 Å². The number of benzene rings is 1. The summed E-state index contributed by atoms with van der Waals surface area (Å²) in [4.78, 5) is 25.2. The fraction of sp³-hybridized carbons (Fsp3) is 0.136. The quantitative estimate of drug-likeness (QED) is 0.503. The van der Waals surface area contributed by atoms with Gasteiger partial charge in [0, 0.05) is 35.9 Å². The molecule has 0 aliphatic carbocycles. The van der Waals surface area contributed by atoms with Gasteiger partial charge in [-0.05, 0) is 36.8 Å². The van der Waals surface area contributed by atoms with Crippen molar-refractivity contribution in [1.29, 1.82) is 0 Å². The average Bonchev–Trinajstić information content (AvgIpc) is 3.25. The number of carbonyl (C=O) groups excluding carboxylic acids is 1. The first kappa shape index (κ1) is 19.3. The second-order valence-corrected chi connectivity index (χ2v) is 6.36. The van der Waals surface area contributed by atoms with Gasteiger partial charge in [0.05, 0.1) is 18.6 Å². The molecule has 150 valence electrons. The van der Waals surface area contributed by atoms with E-state index in [1.807, 2.05) is 43.3 Å². The third kappa shape index (κ3) is 4.49. The van der Waals surface area contributed by atoms with Gasteiger partial charge in [-0.3, -0.25) is 9.78 Å². The number of carbonyl (C=O) groups is 1. The molecule has 30 heavy (non-hydrogen) atoms. The fourth-order valence-corrected chi connectivity index (χ4v) is 2.84. The van der Waals surface area contributed by atoms with E-state index in [1.165, 1.54) is 6.20 Å². The number of anilines is 1. The Labute approximate surface area is 173 Å². The van der Waals surface area contributed by atoms with Gasteiger partial charge in [-0.2, -0.15) is 4.98 Å². The Bertz CT molecular complexity index is 1130. The van der Waals surface area contributed by atoms with Crippen molar-refractivity contribution in [2.45, 2.75) is 13.3 Å². The maximum Gasteiger partial charge on any atom is 0.257 e. The molecule has 3 heterocycles. The zero-order chi connectivity index (χ0) is 20.8. The van der Waals surface area contributed by atoms with Crippen LogP contribution in [0.3, 0.4) is 0 Å². The minimum Gasteiger partial charge on any atom is -0.478 e. The van der Waals surface area contributed by atoms with Crippen LogP contribution in [0.25, 0.3) is 11.4 Å². The highest BCUT2D eigenvalue weighted by Crippen LogP contribution is 2.21. The van der Waals surface area contributed by atoms with Gasteiger partial charge in [-0.1, -0.05) is 23.4 Å². The number of aromatic nitrogens is 4. The molecule has 4 rings (SSSR count). The number of rotatable bonds is 7. The molecular weight excluding hydrogens is 382 g/mol. The lowest BCUT2D eigenvalue weighted by Crippen LogP contribution is -2.14. The molecule has 0 unspecified atom stereocenters. The maximum atomic E-state index is 12.6. The molecule has 0 radical (unpaired) electrons. The molecule has 0 saturated carbocycles. The summed E-state index contributed by atoms with van der Waals surface area (Å²) in [6.45, 7) is 2.40. The summed E-state index contributed by atoms with van der Waals surface area (Å²) < 4.78 is 10.7. The Morgan fingerprint density at radius 2 is 2.00 bits per heavy atom. The van der Waals surface area contributed by atoms with Crippen LogP contribution in [0.1, 0.15) is 28.7 Å². The highest BCUT2D eigenvalue weighted by atomic mass is 16.5. The SMILES string of the molecule is CCOc1ccc(C(=O)Nc2ccccc2Cc2nc(-c3cccnc3)no2)cn1. The van der Waals surface area contributed by atoms with E-state index in [4.69, 9.17) is 9.26 Å². The van der Waals surface area contributed by atoms with Crippen molar-refractivity contribution in [2.24, 2.45) is 0 Å². The molecule has 0 saturated heterocycles. The Morgan fingerprint density at radius 1 is 1.10 bits per heavy atom. The van der Waals surface area contributed by atoms with Crippen molar-refractivity contribution in [1.82, 2.24) is 20.1 Å². The molecule has 0 aliphatic heterocycles. The van der Waals surface area contributed by atoms with Crippen LogP contribution in [0.15, 0.2) is 71.6 Å². The van der Waals surface area contributed by atoms with Crippen molar-refractivity contribution in [3.05, 3.63) is 84.1 Å². The van der Waals surface area contributed by atoms with Crippen LogP contribution in [0.5, 0.6) is 5.88 Å². The normalized spacial score (nSPS) is 10.6. The van der Waals surface area contributed by atoms with Gasteiger partial charge in [0.25, 0.3) is 5.91 Å². The van der Waals surface area contributed by atoms with E-state index < -0.39 is 0 Å². The van der Waals surface area contributed by atoms with E-state index in [1.54, 1.807) is 24.5 Å². The number of hydrogen-bond acceptors (Lipinski definition) is 7. The second-order valence-electron chi connectivity index (χ2n) is 6.36. The zero-order valence-corrected chi connectivity index (χ0v) is 16.3. The second kappa shape index (κ2) is 8.95. The smallest absolute Gasteiger partial charge is 0.257 e. The van der Waals surface area contributed by atoms with Crippen molar-refractivity contribution in [3.8, 4) is 17.3 Å². The lowest BCUT2D eigenvalue weighted by Gasteiger charge is -2.10. The van der Waals surface area contributed by atoms with Crippen molar-refractivity contribution < 1.29 is 14.1 Å². The van der Waals surface area contributed by atoms with Crippen LogP contribution in [0.2, 0.25) is 0 Å². The van der Waals surface area contributed by atoms with Crippen LogP contribution in [-0.2, 0) is 6.42 Å². The highest BCUT2D eigenvalue weighted by molar-refractivity contribution is 6.04. The standard InChI is InChI=1S/C22H19N5O3/c1-2-29-19-10-9-17(14-24-19)22(28)25-18-8-4-3-6-15(18)12-20-26-21(27-30-20)16-7-5-11-23-13-16/h3-11,13-14H,2,12H2,1H3,(H,25,28). The molecule has 8 nitrogen and oxygen atoms in total. The number of pyridine rings is 2. The minimum absolute atomic E-state index is 0.264. The number of nitrogens with one attached hydrogen (secondary N) is 1. The van der Waals surface area contributed by atoms with Gasteiger partial charge in [-0.25, -0.2) is 4.98 Å². The number of para-hydroxylation sites is 1. The molecule has 3 aromatic heterocycles. The molecule has 1 amide bonds. The lowest BCUT2D eigenvalue weighted by molar-refractivity contribution is 0.102. The summed E-state index contributed by atoms with van der Waals surface area (Å²) in [5.74, 6) is 1.13. The highest BCUT2D eigenvalue weighted by Gasteiger charge is 2.14. The predicted molar refractivity (Wildman–Crippen MR) is 110 cm³/mol. The average molecular weight is 401 g/mol. The molecule has 0 aliphatic rings. The molecule has 8 heteroatoms. The first-order valence-electron chi connectivity index (χ1n) is 9.44. The summed E-state index contributed by atoms with van der Waals surface area (Å²) >= 11 is 0. The minimum atomic E-state index is -0.264. The first-order chi connectivity index (χ1) is 14.7. The zero-order valence-electron chi connectivity index (χ0n) is 16.3. The van der Waals surface area contributed by atoms with E-state index >= 15 is 0 Å². The Kier molecular flexibility index (Phi) is 5.75. The Balaban J connectivity index is 1.49. The van der Waals surface area contributed by atoms with Crippen LogP contribution in [-0.4, -0.2) is 32.6 Å². The predicted octanol–water partition coefficient (Wildman–Crippen LogP) is 3.77. The summed E-state index contributed by atoms with van der Waals surface area (Å²) in [7, 11) is 0. The molecule has 1 aromatic carbocycles. The monoisotopic (exact) mass is 401 g/mol. The summed E-state index contributed by atoms with van der Waals surface area (Å²) in [5, 5.41) is 6.93. The van der Waals surface area contributed by atoms with Gasteiger partial charge >= 0.3 is 0 Å². The summed E-state index contributed by atoms with van der Waals surface area (Å²) in [5.41, 5.74) is 2.73.